The zero-order chi connectivity index (χ0) is 15.0. The first-order valence-corrected chi connectivity index (χ1v) is 8.51. The number of aromatic nitrogens is 1. The molecular weight excluding hydrogens is 335 g/mol. The highest BCUT2D eigenvalue weighted by Gasteiger charge is 2.16. The molecule has 4 nitrogen and oxygen atoms in total. The lowest BCUT2D eigenvalue weighted by molar-refractivity contribution is 0.599. The Morgan fingerprint density at radius 1 is 1.19 bits per heavy atom. The maximum absolute atomic E-state index is 13.1. The Morgan fingerprint density at radius 3 is 2.76 bits per heavy atom. The first-order valence-electron chi connectivity index (χ1n) is 5.77. The molecule has 1 aromatic heterocycles. The van der Waals surface area contributed by atoms with Gasteiger partial charge >= 0.3 is 0 Å². The molecule has 0 aliphatic rings. The van der Waals surface area contributed by atoms with Crippen molar-refractivity contribution in [3.63, 3.8) is 0 Å². The van der Waals surface area contributed by atoms with E-state index in [1.54, 1.807) is 23.7 Å². The molecule has 0 aliphatic carbocycles. The van der Waals surface area contributed by atoms with Gasteiger partial charge in [0.1, 0.15) is 5.82 Å². The number of hydrogen-bond acceptors (Lipinski definition) is 4. The fourth-order valence-electron chi connectivity index (χ4n) is 1.78. The number of anilines is 1. The molecule has 8 heteroatoms. The summed E-state index contributed by atoms with van der Waals surface area (Å²) in [6.07, 6.45) is 0. The molecule has 0 bridgehead atoms. The Balaban J connectivity index is 1.96. The minimum Gasteiger partial charge on any atom is -0.280 e. The monoisotopic (exact) mass is 342 g/mol. The topological polar surface area (TPSA) is 59.1 Å². The van der Waals surface area contributed by atoms with Crippen molar-refractivity contribution in [2.45, 2.75) is 4.90 Å². The summed E-state index contributed by atoms with van der Waals surface area (Å²) in [5, 5.41) is -0.240. The van der Waals surface area contributed by atoms with Crippen molar-refractivity contribution in [2.75, 3.05) is 4.72 Å². The number of sulfonamides is 1. The van der Waals surface area contributed by atoms with Gasteiger partial charge in [-0.3, -0.25) is 4.72 Å². The summed E-state index contributed by atoms with van der Waals surface area (Å²) in [7, 11) is -3.82. The van der Waals surface area contributed by atoms with Crippen LogP contribution in [0.2, 0.25) is 5.02 Å². The van der Waals surface area contributed by atoms with E-state index in [9.17, 15) is 12.8 Å². The van der Waals surface area contributed by atoms with Crippen LogP contribution in [0, 0.1) is 5.82 Å². The van der Waals surface area contributed by atoms with E-state index in [-0.39, 0.29) is 9.92 Å². The fraction of sp³-hybridized carbons (Fsp3) is 0. The minimum absolute atomic E-state index is 0.0988. The van der Waals surface area contributed by atoms with Crippen LogP contribution < -0.4 is 4.72 Å². The van der Waals surface area contributed by atoms with Crippen molar-refractivity contribution in [1.82, 2.24) is 4.98 Å². The van der Waals surface area contributed by atoms with Gasteiger partial charge in [-0.2, -0.15) is 0 Å². The van der Waals surface area contributed by atoms with Crippen molar-refractivity contribution in [3.05, 3.63) is 52.7 Å². The number of halogens is 2. The smallest absolute Gasteiger partial charge is 0.261 e. The van der Waals surface area contributed by atoms with Gasteiger partial charge < -0.3 is 0 Å². The highest BCUT2D eigenvalue weighted by molar-refractivity contribution is 7.92. The predicted octanol–water partition coefficient (Wildman–Crippen LogP) is 3.89. The third kappa shape index (κ3) is 2.85. The summed E-state index contributed by atoms with van der Waals surface area (Å²) >= 11 is 7.02. The van der Waals surface area contributed by atoms with Crippen molar-refractivity contribution >= 4 is 48.9 Å². The molecule has 1 heterocycles. The first kappa shape index (κ1) is 14.2. The lowest BCUT2D eigenvalue weighted by Crippen LogP contribution is -2.13. The SMILES string of the molecule is O=S(=O)(Nc1ccc2ncsc2c1)c1ccc(F)c(Cl)c1. The molecule has 21 heavy (non-hydrogen) atoms. The number of thiazole rings is 1. The van der Waals surface area contributed by atoms with Gasteiger partial charge in [-0.1, -0.05) is 11.6 Å². The van der Waals surface area contributed by atoms with Crippen LogP contribution >= 0.6 is 22.9 Å². The molecule has 0 unspecified atom stereocenters. The van der Waals surface area contributed by atoms with E-state index >= 15 is 0 Å². The van der Waals surface area contributed by atoms with E-state index < -0.39 is 15.8 Å². The minimum atomic E-state index is -3.82. The van der Waals surface area contributed by atoms with Crippen LogP contribution in [0.3, 0.4) is 0 Å². The van der Waals surface area contributed by atoms with Crippen LogP contribution in [-0.2, 0) is 10.0 Å². The zero-order valence-corrected chi connectivity index (χ0v) is 12.8. The van der Waals surface area contributed by atoms with Gasteiger partial charge in [0.2, 0.25) is 0 Å². The van der Waals surface area contributed by atoms with Crippen LogP contribution in [0.15, 0.2) is 46.8 Å². The van der Waals surface area contributed by atoms with Gasteiger partial charge in [0.25, 0.3) is 10.0 Å². The molecule has 0 radical (unpaired) electrons. The van der Waals surface area contributed by atoms with Crippen LogP contribution in [0.1, 0.15) is 0 Å². The van der Waals surface area contributed by atoms with Gasteiger partial charge in [-0.05, 0) is 36.4 Å². The Labute approximate surface area is 129 Å². The van der Waals surface area contributed by atoms with Gasteiger partial charge in [0.15, 0.2) is 0 Å². The lowest BCUT2D eigenvalue weighted by atomic mass is 10.3. The van der Waals surface area contributed by atoms with Crippen LogP contribution in [-0.4, -0.2) is 13.4 Å². The van der Waals surface area contributed by atoms with E-state index in [0.717, 1.165) is 28.4 Å². The molecule has 0 saturated heterocycles. The van der Waals surface area contributed by atoms with Gasteiger partial charge in [0, 0.05) is 0 Å². The van der Waals surface area contributed by atoms with Gasteiger partial charge in [-0.25, -0.2) is 17.8 Å². The number of nitrogens with zero attached hydrogens (tertiary/aromatic N) is 1. The number of fused-ring (bicyclic) bond motifs is 1. The lowest BCUT2D eigenvalue weighted by Gasteiger charge is -2.08. The van der Waals surface area contributed by atoms with Crippen molar-refractivity contribution < 1.29 is 12.8 Å². The standard InChI is InChI=1S/C13H8ClFN2O2S2/c14-10-6-9(2-3-11(10)15)21(18,19)17-8-1-4-12-13(5-8)20-7-16-12/h1-7,17H. The summed E-state index contributed by atoms with van der Waals surface area (Å²) in [6, 6.07) is 8.28. The van der Waals surface area contributed by atoms with E-state index in [1.165, 1.54) is 11.3 Å². The molecule has 0 atom stereocenters. The Kier molecular flexibility index (Phi) is 3.56. The highest BCUT2D eigenvalue weighted by Crippen LogP contribution is 2.25. The Bertz CT molecular complexity index is 925. The number of benzene rings is 2. The fourth-order valence-corrected chi connectivity index (χ4v) is 3.81. The summed E-state index contributed by atoms with van der Waals surface area (Å²) in [6.45, 7) is 0. The molecule has 0 fully saturated rings. The molecular formula is C13H8ClFN2O2S2. The van der Waals surface area contributed by atoms with Crippen LogP contribution in [0.5, 0.6) is 0 Å². The second kappa shape index (κ2) is 5.25. The number of rotatable bonds is 3. The molecule has 1 N–H and O–H groups in total. The number of hydrogen-bond donors (Lipinski definition) is 1. The Hall–Kier alpha value is -1.70. The van der Waals surface area contributed by atoms with Crippen molar-refractivity contribution in [2.24, 2.45) is 0 Å². The van der Waals surface area contributed by atoms with Crippen molar-refractivity contribution in [1.29, 1.82) is 0 Å². The van der Waals surface area contributed by atoms with E-state index in [2.05, 4.69) is 9.71 Å². The predicted molar refractivity (Wildman–Crippen MR) is 81.8 cm³/mol. The quantitative estimate of drug-likeness (QED) is 0.785. The molecule has 0 spiro atoms. The summed E-state index contributed by atoms with van der Waals surface area (Å²) in [5.74, 6) is -0.665. The molecule has 108 valence electrons. The molecule has 2 aromatic carbocycles. The van der Waals surface area contributed by atoms with Gasteiger partial charge in [-0.15, -0.1) is 11.3 Å². The largest absolute Gasteiger partial charge is 0.280 e. The highest BCUT2D eigenvalue weighted by atomic mass is 35.5. The Morgan fingerprint density at radius 2 is 2.00 bits per heavy atom. The zero-order valence-electron chi connectivity index (χ0n) is 10.4. The molecule has 0 amide bonds. The summed E-state index contributed by atoms with van der Waals surface area (Å²) < 4.78 is 40.9. The van der Waals surface area contributed by atoms with E-state index in [0.29, 0.717) is 5.69 Å². The third-order valence-electron chi connectivity index (χ3n) is 2.78. The molecule has 0 saturated carbocycles. The average molecular weight is 343 g/mol. The maximum Gasteiger partial charge on any atom is 0.261 e. The molecule has 0 aliphatic heterocycles. The molecule has 3 aromatic rings. The van der Waals surface area contributed by atoms with Crippen molar-refractivity contribution in [3.8, 4) is 0 Å². The normalized spacial score (nSPS) is 11.7. The first-order chi connectivity index (χ1) is 9.95. The molecule has 3 rings (SSSR count). The summed E-state index contributed by atoms with van der Waals surface area (Å²) in [4.78, 5) is 4.02. The van der Waals surface area contributed by atoms with Crippen LogP contribution in [0.4, 0.5) is 10.1 Å². The average Bonchev–Trinajstić information content (AvgIpc) is 2.88. The van der Waals surface area contributed by atoms with Gasteiger partial charge in [0.05, 0.1) is 31.3 Å². The van der Waals surface area contributed by atoms with E-state index in [1.807, 2.05) is 0 Å². The maximum atomic E-state index is 13.1. The van der Waals surface area contributed by atoms with Crippen LogP contribution in [0.25, 0.3) is 10.2 Å². The third-order valence-corrected chi connectivity index (χ3v) is 5.25. The number of nitrogens with one attached hydrogen (secondary N) is 1. The second-order valence-corrected chi connectivity index (χ2v) is 7.19. The second-order valence-electron chi connectivity index (χ2n) is 4.22. The van der Waals surface area contributed by atoms with E-state index in [4.69, 9.17) is 11.6 Å². The summed E-state index contributed by atoms with van der Waals surface area (Å²) in [5.41, 5.74) is 2.89.